The van der Waals surface area contributed by atoms with Gasteiger partial charge in [0.25, 0.3) is 17.7 Å². The van der Waals surface area contributed by atoms with Crippen molar-refractivity contribution in [1.29, 1.82) is 0 Å². The van der Waals surface area contributed by atoms with Crippen LogP contribution in [-0.4, -0.2) is 178 Å². The number of hydrogen-bond donors (Lipinski definition) is 6. The quantitative estimate of drug-likeness (QED) is 0.0278. The highest BCUT2D eigenvalue weighted by Crippen LogP contribution is 2.44. The largest absolute Gasteiger partial charge is 0.489 e. The molecule has 3 aromatic heterocycles. The lowest BCUT2D eigenvalue weighted by Crippen LogP contribution is -2.48. The van der Waals surface area contributed by atoms with Crippen molar-refractivity contribution in [2.24, 2.45) is 0 Å². The average Bonchev–Trinajstić information content (AvgIpc) is 1.64. The number of para-hydroxylation sites is 3. The predicted octanol–water partition coefficient (Wildman–Crippen LogP) is 17.4. The van der Waals surface area contributed by atoms with E-state index in [-0.39, 0.29) is 113 Å². The van der Waals surface area contributed by atoms with E-state index in [9.17, 15) is 39.6 Å². The lowest BCUT2D eigenvalue weighted by molar-refractivity contribution is -0.0700. The number of morpholine rings is 1. The van der Waals surface area contributed by atoms with Gasteiger partial charge in [0.1, 0.15) is 32.3 Å². The van der Waals surface area contributed by atoms with Crippen LogP contribution in [0.1, 0.15) is 176 Å². The Morgan fingerprint density at radius 1 is 0.390 bits per heavy atom. The van der Waals surface area contributed by atoms with Crippen molar-refractivity contribution in [3.8, 4) is 17.2 Å². The summed E-state index contributed by atoms with van der Waals surface area (Å²) in [6.07, 6.45) is 11.2. The minimum absolute atomic E-state index is 0.0200. The Balaban J connectivity index is 0.000000159. The van der Waals surface area contributed by atoms with Gasteiger partial charge < -0.3 is 65.4 Å². The predicted molar refractivity (Wildman–Crippen MR) is 476 cm³/mol. The van der Waals surface area contributed by atoms with Crippen LogP contribution in [0, 0.1) is 0 Å². The lowest BCUT2D eigenvalue weighted by Gasteiger charge is -2.34. The van der Waals surface area contributed by atoms with E-state index < -0.39 is 45.3 Å². The van der Waals surface area contributed by atoms with E-state index in [1.165, 1.54) is 25.0 Å². The Morgan fingerprint density at radius 3 is 1.05 bits per heavy atom. The third kappa shape index (κ3) is 20.9. The molecule has 6 N–H and O–H groups in total. The molecule has 0 spiro atoms. The van der Waals surface area contributed by atoms with Crippen molar-refractivity contribution in [1.82, 2.24) is 49.7 Å². The summed E-state index contributed by atoms with van der Waals surface area (Å²) in [6, 6.07) is 31.3. The van der Waals surface area contributed by atoms with Crippen LogP contribution in [0.3, 0.4) is 0 Å². The van der Waals surface area contributed by atoms with E-state index in [1.807, 2.05) is 80.6 Å². The Bertz CT molecular complexity index is 5220. The second kappa shape index (κ2) is 38.9. The molecule has 654 valence electrons. The van der Waals surface area contributed by atoms with Gasteiger partial charge in [0, 0.05) is 68.2 Å². The van der Waals surface area contributed by atoms with Crippen LogP contribution in [-0.2, 0) is 58.6 Å². The zero-order valence-corrected chi connectivity index (χ0v) is 75.3. The summed E-state index contributed by atoms with van der Waals surface area (Å²) in [5.74, 6) is 2.92. The van der Waals surface area contributed by atoms with E-state index in [0.29, 0.717) is 127 Å². The van der Waals surface area contributed by atoms with Gasteiger partial charge in [-0.3, -0.25) is 19.4 Å². The molecule has 30 nitrogen and oxygen atoms in total. The molecule has 0 unspecified atom stereocenters. The number of benzene rings is 6. The number of amides is 3. The van der Waals surface area contributed by atoms with E-state index in [4.69, 9.17) is 58.5 Å². The molecule has 2 saturated heterocycles. The smallest absolute Gasteiger partial charge is 0.268 e. The fourth-order valence-corrected chi connectivity index (χ4v) is 18.9. The minimum Gasteiger partial charge on any atom is -0.489 e. The molecule has 3 fully saturated rings. The molecule has 123 heavy (non-hydrogen) atoms. The van der Waals surface area contributed by atoms with Gasteiger partial charge in [-0.1, -0.05) is 90.5 Å². The summed E-state index contributed by atoms with van der Waals surface area (Å²) in [5.41, 5.74) is 7.23. The zero-order valence-electron chi connectivity index (χ0n) is 70.6. The maximum atomic E-state index is 13.4. The van der Waals surface area contributed by atoms with Crippen molar-refractivity contribution in [2.75, 3.05) is 71.4 Å². The second-order valence-electron chi connectivity index (χ2n) is 32.1. The molecule has 6 aromatic carbocycles. The van der Waals surface area contributed by atoms with Crippen molar-refractivity contribution < 1.29 is 63.3 Å². The van der Waals surface area contributed by atoms with Crippen LogP contribution in [0.4, 0.5) is 69.4 Å². The van der Waals surface area contributed by atoms with E-state index >= 15 is 0 Å². The first-order chi connectivity index (χ1) is 58.6. The van der Waals surface area contributed by atoms with Gasteiger partial charge in [0.05, 0.1) is 121 Å². The number of carbonyl (C=O) groups excluding carboxylic acids is 3. The molecule has 0 radical (unpaired) electrons. The first kappa shape index (κ1) is 90.5. The minimum atomic E-state index is -3.57. The summed E-state index contributed by atoms with van der Waals surface area (Å²) >= 11 is 19.3. The van der Waals surface area contributed by atoms with Crippen LogP contribution in [0.2, 0.25) is 15.1 Å². The zero-order chi connectivity index (χ0) is 87.9. The topological polar surface area (TPSA) is 362 Å². The van der Waals surface area contributed by atoms with E-state index in [2.05, 4.69) is 61.8 Å². The number of aromatic nitrogens is 6. The molecule has 6 aliphatic rings. The van der Waals surface area contributed by atoms with Gasteiger partial charge in [-0.25, -0.2) is 45.2 Å². The summed E-state index contributed by atoms with van der Waals surface area (Å²) in [7, 11) is -10.7. The number of anilines is 12. The number of rotatable bonds is 27. The SMILES string of the molecule is CC(C)Oc1cc2c(cc1Nc1ncc(Cl)c(Nc3ccccc3S(=O)(=O)C(C)C)n1)C(=O)N(C1CCCCC1)C2.CC(C)Oc1cc2c(cc1Nc1ncc(Cl)c(Nc3ccccc3S(=O)(=O)C(C)C)n1)C(=O)N(C1CCOCC1)C2.CC(C)Oc1cc2c(cc1Nc1ncc(Cl)c(Nc3ccccc3S(=O)(=O)C(C)C)n1)C(=O)N(N1CCOCC1)C2. The molecule has 1 saturated carbocycles. The second-order valence-corrected chi connectivity index (χ2v) is 40.8. The number of hydrazine groups is 1. The van der Waals surface area contributed by atoms with E-state index in [0.717, 1.165) is 55.2 Å². The number of sulfone groups is 3. The fourth-order valence-electron chi connectivity index (χ4n) is 14.9. The summed E-state index contributed by atoms with van der Waals surface area (Å²) in [6.45, 7) is 26.7. The third-order valence-electron chi connectivity index (χ3n) is 21.3. The summed E-state index contributed by atoms with van der Waals surface area (Å²) < 4.78 is 107. The van der Waals surface area contributed by atoms with Crippen molar-refractivity contribution in [3.63, 3.8) is 0 Å². The highest BCUT2D eigenvalue weighted by molar-refractivity contribution is 7.92. The number of ether oxygens (including phenoxy) is 5. The normalized spacial score (nSPS) is 15.9. The fraction of sp³-hybridized carbons (Fsp3) is 0.414. The lowest BCUT2D eigenvalue weighted by atomic mass is 9.94. The molecule has 0 bridgehead atoms. The van der Waals surface area contributed by atoms with Crippen LogP contribution in [0.15, 0.2) is 142 Å². The number of nitrogens with zero attached hydrogens (tertiary/aromatic N) is 10. The molecular formula is C87H103Cl3N16O14S3. The van der Waals surface area contributed by atoms with Gasteiger partial charge in [0.15, 0.2) is 47.0 Å². The van der Waals surface area contributed by atoms with E-state index in [1.54, 1.807) is 131 Å². The summed E-state index contributed by atoms with van der Waals surface area (Å²) in [5, 5.41) is 21.3. The van der Waals surface area contributed by atoms with Crippen LogP contribution in [0.25, 0.3) is 0 Å². The van der Waals surface area contributed by atoms with Crippen molar-refractivity contribution >= 4 is 151 Å². The number of nitrogens with one attached hydrogen (secondary N) is 6. The molecule has 15 rings (SSSR count). The molecule has 0 atom stereocenters. The van der Waals surface area contributed by atoms with Crippen molar-refractivity contribution in [2.45, 2.75) is 208 Å². The van der Waals surface area contributed by atoms with Crippen LogP contribution < -0.4 is 46.1 Å². The Hall–Kier alpha value is -10.2. The highest BCUT2D eigenvalue weighted by Gasteiger charge is 2.39. The molecule has 1 aliphatic carbocycles. The van der Waals surface area contributed by atoms with Gasteiger partial charge >= 0.3 is 0 Å². The van der Waals surface area contributed by atoms with Gasteiger partial charge in [-0.05, 0) is 198 Å². The van der Waals surface area contributed by atoms with Gasteiger partial charge in [0.2, 0.25) is 17.8 Å². The number of halogens is 3. The van der Waals surface area contributed by atoms with Crippen molar-refractivity contribution in [3.05, 3.63) is 176 Å². The Labute approximate surface area is 733 Å². The molecule has 5 aliphatic heterocycles. The number of fused-ring (bicyclic) bond motifs is 3. The number of carbonyl (C=O) groups is 3. The first-order valence-electron chi connectivity index (χ1n) is 41.2. The molecule has 36 heteroatoms. The molecule has 9 aromatic rings. The third-order valence-corrected chi connectivity index (χ3v) is 28.8. The first-order valence-corrected chi connectivity index (χ1v) is 46.9. The molecule has 8 heterocycles. The molecule has 3 amide bonds. The number of hydrogen-bond acceptors (Lipinski definition) is 27. The highest BCUT2D eigenvalue weighted by atomic mass is 35.5. The molecular weight excluding hydrogens is 1700 g/mol. The van der Waals surface area contributed by atoms with Crippen LogP contribution >= 0.6 is 34.8 Å². The maximum absolute atomic E-state index is 13.4. The Morgan fingerprint density at radius 2 is 0.707 bits per heavy atom. The average molecular weight is 1800 g/mol. The van der Waals surface area contributed by atoms with Gasteiger partial charge in [-0.15, -0.1) is 0 Å². The maximum Gasteiger partial charge on any atom is 0.268 e. The van der Waals surface area contributed by atoms with Gasteiger partial charge in [-0.2, -0.15) is 15.0 Å². The monoisotopic (exact) mass is 1800 g/mol. The Kier molecular flexibility index (Phi) is 28.6. The van der Waals surface area contributed by atoms with Crippen LogP contribution in [0.5, 0.6) is 17.2 Å². The standard InChI is InChI=1S/C30H36ClN5O4S.C29H34ClN5O5S.C28H33ClN6O5S/c1-18(2)40-26-14-20-17-36(21-10-6-5-7-11-21)29(37)22(20)15-25(26)34-30-32-16-23(31)28(35-30)33-24-12-8-9-13-27(24)41(38,39)19(3)4;1-17(2)40-25-13-19-16-35(20-9-11-39-12-10-20)28(36)21(19)14-24(25)33-29-31-15-22(30)27(34-29)32-23-7-5-6-8-26(23)41(37,38)18(3)4;1-17(2)40-24-13-19-16-35(34-9-11-39-12-10-34)27(36)20(19)14-23(24)32-28-30-15-21(29)26(33-28)31-22-7-5-6-8-25(22)41(37,38)18(3)4/h8-9,12-16,18-19,21H,5-7,10-11,17H2,1-4H3,(H2,32,33,34,35);5-8,13-15,17-18,20H,9-12,16H2,1-4H3,(H2,31,32,33,34);5-8,13-15,17-18H,9-12,16H2,1-4H3,(H2,30,31,32,33). The summed E-state index contributed by atoms with van der Waals surface area (Å²) in [4.78, 5) is 71.1.